The number of methoxy groups -OCH3 is 2. The third kappa shape index (κ3) is 3.20. The molecule has 0 aliphatic heterocycles. The number of aromatic nitrogens is 1. The molecule has 1 heterocycles. The third-order valence-electron chi connectivity index (χ3n) is 2.13. The lowest BCUT2D eigenvalue weighted by Gasteiger charge is -2.11. The number of nitrogens with zero attached hydrogens (tertiary/aromatic N) is 1. The normalized spacial score (nSPS) is 12.0. The van der Waals surface area contributed by atoms with E-state index >= 15 is 0 Å². The summed E-state index contributed by atoms with van der Waals surface area (Å²) in [4.78, 5) is 15.1. The molecule has 1 aromatic rings. The van der Waals surface area contributed by atoms with Crippen molar-refractivity contribution in [2.45, 2.75) is 19.4 Å². The van der Waals surface area contributed by atoms with Gasteiger partial charge in [0.15, 0.2) is 0 Å². The molecule has 16 heavy (non-hydrogen) atoms. The van der Waals surface area contributed by atoms with E-state index in [2.05, 4.69) is 9.72 Å². The average molecular weight is 225 g/mol. The first-order valence-corrected chi connectivity index (χ1v) is 4.84. The van der Waals surface area contributed by atoms with Crippen LogP contribution in [-0.4, -0.2) is 30.3 Å². The van der Waals surface area contributed by atoms with Gasteiger partial charge in [-0.05, 0) is 18.6 Å². The van der Waals surface area contributed by atoms with Crippen LogP contribution in [0, 0.1) is 6.92 Å². The molecule has 0 unspecified atom stereocenters. The van der Waals surface area contributed by atoms with E-state index in [1.54, 1.807) is 19.1 Å². The van der Waals surface area contributed by atoms with Crippen molar-refractivity contribution in [1.82, 2.24) is 4.98 Å². The van der Waals surface area contributed by atoms with Gasteiger partial charge in [-0.15, -0.1) is 0 Å². The van der Waals surface area contributed by atoms with Crippen molar-refractivity contribution in [2.24, 2.45) is 0 Å². The van der Waals surface area contributed by atoms with Crippen molar-refractivity contribution in [2.75, 3.05) is 14.2 Å². The summed E-state index contributed by atoms with van der Waals surface area (Å²) in [5, 5.41) is 9.78. The number of carbonyl (C=O) groups is 1. The fourth-order valence-electron chi connectivity index (χ4n) is 1.32. The van der Waals surface area contributed by atoms with Gasteiger partial charge < -0.3 is 14.6 Å². The van der Waals surface area contributed by atoms with Crippen molar-refractivity contribution in [3.8, 4) is 5.88 Å². The van der Waals surface area contributed by atoms with Gasteiger partial charge in [0.2, 0.25) is 5.88 Å². The van der Waals surface area contributed by atoms with Crippen LogP contribution >= 0.6 is 0 Å². The molecule has 0 saturated carbocycles. The van der Waals surface area contributed by atoms with E-state index in [1.165, 1.54) is 14.2 Å². The Balaban J connectivity index is 2.86. The first kappa shape index (κ1) is 12.4. The molecule has 1 aromatic heterocycles. The van der Waals surface area contributed by atoms with Crippen LogP contribution in [0.15, 0.2) is 12.1 Å². The molecule has 0 fully saturated rings. The van der Waals surface area contributed by atoms with Gasteiger partial charge in [-0.25, -0.2) is 4.98 Å². The lowest BCUT2D eigenvalue weighted by molar-refractivity contribution is -0.142. The zero-order valence-electron chi connectivity index (χ0n) is 9.56. The standard InChI is InChI=1S/C11H15NO4/c1-7-4-8(5-10(12-7)15-2)9(13)6-11(14)16-3/h4-5,9,13H,6H2,1-3H3/t9-/m1/s1. The van der Waals surface area contributed by atoms with Crippen LogP contribution in [0.25, 0.3) is 0 Å². The number of ether oxygens (including phenoxy) is 2. The van der Waals surface area contributed by atoms with Crippen LogP contribution in [0.5, 0.6) is 5.88 Å². The number of hydrogen-bond acceptors (Lipinski definition) is 5. The summed E-state index contributed by atoms with van der Waals surface area (Å²) >= 11 is 0. The fraction of sp³-hybridized carbons (Fsp3) is 0.455. The lowest BCUT2D eigenvalue weighted by Crippen LogP contribution is -2.08. The quantitative estimate of drug-likeness (QED) is 0.774. The van der Waals surface area contributed by atoms with E-state index in [1.807, 2.05) is 0 Å². The monoisotopic (exact) mass is 225 g/mol. The molecule has 5 nitrogen and oxygen atoms in total. The van der Waals surface area contributed by atoms with E-state index < -0.39 is 12.1 Å². The highest BCUT2D eigenvalue weighted by atomic mass is 16.5. The SMILES string of the molecule is COC(=O)C[C@@H](O)c1cc(C)nc(OC)c1. The number of aliphatic hydroxyl groups is 1. The van der Waals surface area contributed by atoms with Crippen molar-refractivity contribution >= 4 is 5.97 Å². The first-order chi connectivity index (χ1) is 7.56. The Morgan fingerprint density at radius 2 is 2.19 bits per heavy atom. The Hall–Kier alpha value is -1.62. The summed E-state index contributed by atoms with van der Waals surface area (Å²) < 4.78 is 9.46. The summed E-state index contributed by atoms with van der Waals surface area (Å²) in [6.07, 6.45) is -0.980. The topological polar surface area (TPSA) is 68.7 Å². The minimum absolute atomic E-state index is 0.0803. The van der Waals surface area contributed by atoms with Crippen molar-refractivity contribution in [3.05, 3.63) is 23.4 Å². The number of pyridine rings is 1. The highest BCUT2D eigenvalue weighted by Gasteiger charge is 2.14. The number of hydrogen-bond donors (Lipinski definition) is 1. The minimum Gasteiger partial charge on any atom is -0.481 e. The first-order valence-electron chi connectivity index (χ1n) is 4.84. The van der Waals surface area contributed by atoms with Gasteiger partial charge in [0.1, 0.15) is 0 Å². The minimum atomic E-state index is -0.900. The Labute approximate surface area is 94.0 Å². The average Bonchev–Trinajstić information content (AvgIpc) is 2.27. The van der Waals surface area contributed by atoms with Crippen LogP contribution in [-0.2, 0) is 9.53 Å². The van der Waals surface area contributed by atoms with Gasteiger partial charge in [-0.2, -0.15) is 0 Å². The highest BCUT2D eigenvalue weighted by Crippen LogP contribution is 2.21. The molecule has 1 rings (SSSR count). The van der Waals surface area contributed by atoms with Crippen LogP contribution in [0.2, 0.25) is 0 Å². The predicted octanol–water partition coefficient (Wildman–Crippen LogP) is 0.995. The van der Waals surface area contributed by atoms with Gasteiger partial charge in [-0.3, -0.25) is 4.79 Å². The Kier molecular flexibility index (Phi) is 4.25. The second-order valence-corrected chi connectivity index (χ2v) is 3.38. The number of esters is 1. The van der Waals surface area contributed by atoms with Gasteiger partial charge in [0.25, 0.3) is 0 Å². The Morgan fingerprint density at radius 3 is 2.75 bits per heavy atom. The van der Waals surface area contributed by atoms with E-state index in [0.29, 0.717) is 11.4 Å². The zero-order chi connectivity index (χ0) is 12.1. The predicted molar refractivity (Wildman–Crippen MR) is 57.1 cm³/mol. The van der Waals surface area contributed by atoms with E-state index in [0.717, 1.165) is 5.69 Å². The molecule has 0 bridgehead atoms. The smallest absolute Gasteiger partial charge is 0.308 e. The van der Waals surface area contributed by atoms with Crippen molar-refractivity contribution in [1.29, 1.82) is 0 Å². The maximum absolute atomic E-state index is 11.0. The summed E-state index contributed by atoms with van der Waals surface area (Å²) in [5.41, 5.74) is 1.31. The molecule has 1 atom stereocenters. The zero-order valence-corrected chi connectivity index (χ0v) is 9.56. The molecule has 0 aliphatic rings. The largest absolute Gasteiger partial charge is 0.481 e. The number of rotatable bonds is 4. The number of carbonyl (C=O) groups excluding carboxylic acids is 1. The van der Waals surface area contributed by atoms with Crippen molar-refractivity contribution in [3.63, 3.8) is 0 Å². The van der Waals surface area contributed by atoms with Crippen molar-refractivity contribution < 1.29 is 19.4 Å². The van der Waals surface area contributed by atoms with Crippen LogP contribution in [0.4, 0.5) is 0 Å². The molecule has 88 valence electrons. The highest BCUT2D eigenvalue weighted by molar-refractivity contribution is 5.70. The van der Waals surface area contributed by atoms with Gasteiger partial charge in [0.05, 0.1) is 26.7 Å². The van der Waals surface area contributed by atoms with Crippen LogP contribution in [0.3, 0.4) is 0 Å². The van der Waals surface area contributed by atoms with Crippen LogP contribution < -0.4 is 4.74 Å². The Morgan fingerprint density at radius 1 is 1.50 bits per heavy atom. The molecular formula is C11H15NO4. The van der Waals surface area contributed by atoms with Gasteiger partial charge >= 0.3 is 5.97 Å². The molecule has 0 aliphatic carbocycles. The maximum atomic E-state index is 11.0. The summed E-state index contributed by atoms with van der Waals surface area (Å²) in [6.45, 7) is 1.79. The molecule has 0 spiro atoms. The molecule has 0 amide bonds. The van der Waals surface area contributed by atoms with Crippen LogP contribution in [0.1, 0.15) is 23.8 Å². The molecule has 0 aromatic carbocycles. The molecule has 1 N–H and O–H groups in total. The number of aliphatic hydroxyl groups excluding tert-OH is 1. The van der Waals surface area contributed by atoms with E-state index in [4.69, 9.17) is 4.74 Å². The second-order valence-electron chi connectivity index (χ2n) is 3.38. The van der Waals surface area contributed by atoms with E-state index in [9.17, 15) is 9.90 Å². The maximum Gasteiger partial charge on any atom is 0.308 e. The molecular weight excluding hydrogens is 210 g/mol. The summed E-state index contributed by atoms with van der Waals surface area (Å²) in [7, 11) is 2.78. The Bertz CT molecular complexity index is 378. The third-order valence-corrected chi connectivity index (χ3v) is 2.13. The number of aryl methyl sites for hydroxylation is 1. The van der Waals surface area contributed by atoms with Gasteiger partial charge in [-0.1, -0.05) is 0 Å². The van der Waals surface area contributed by atoms with E-state index in [-0.39, 0.29) is 6.42 Å². The molecule has 5 heteroatoms. The fourth-order valence-corrected chi connectivity index (χ4v) is 1.32. The lowest BCUT2D eigenvalue weighted by atomic mass is 10.1. The van der Waals surface area contributed by atoms with Gasteiger partial charge in [0, 0.05) is 11.8 Å². The molecule has 0 saturated heterocycles. The molecule has 0 radical (unpaired) electrons. The summed E-state index contributed by atoms with van der Waals surface area (Å²) in [5.74, 6) is -0.0418. The second kappa shape index (κ2) is 5.46. The summed E-state index contributed by atoms with van der Waals surface area (Å²) in [6, 6.07) is 3.30.